The van der Waals surface area contributed by atoms with Crippen molar-refractivity contribution in [3.05, 3.63) is 59.7 Å². The summed E-state index contributed by atoms with van der Waals surface area (Å²) in [6.07, 6.45) is 1.54. The lowest BCUT2D eigenvalue weighted by atomic mass is 10.2. The van der Waals surface area contributed by atoms with Gasteiger partial charge in [-0.3, -0.25) is 9.59 Å². The first-order valence-electron chi connectivity index (χ1n) is 8.01. The maximum atomic E-state index is 12.1. The molecule has 0 fully saturated rings. The fourth-order valence-electron chi connectivity index (χ4n) is 2.16. The Kier molecular flexibility index (Phi) is 6.73. The summed E-state index contributed by atoms with van der Waals surface area (Å²) in [5.74, 6) is -0.361. The third-order valence-corrected chi connectivity index (χ3v) is 3.57. The summed E-state index contributed by atoms with van der Waals surface area (Å²) in [7, 11) is 5.41. The number of ether oxygens (including phenoxy) is 1. The van der Waals surface area contributed by atoms with Crippen molar-refractivity contribution in [3.63, 3.8) is 0 Å². The number of carbonyl (C=O) groups excluding carboxylic acids is 2. The number of hydrogen-bond acceptors (Lipinski definition) is 5. The molecule has 7 nitrogen and oxygen atoms in total. The van der Waals surface area contributed by atoms with Crippen LogP contribution in [-0.4, -0.2) is 45.8 Å². The first-order chi connectivity index (χ1) is 12.5. The predicted molar refractivity (Wildman–Crippen MR) is 102 cm³/mol. The fraction of sp³-hybridized carbons (Fsp3) is 0.211. The first kappa shape index (κ1) is 19.0. The summed E-state index contributed by atoms with van der Waals surface area (Å²) >= 11 is 0. The summed E-state index contributed by atoms with van der Waals surface area (Å²) in [6, 6.07) is 14.5. The van der Waals surface area contributed by atoms with E-state index in [0.29, 0.717) is 11.3 Å². The molecule has 136 valence electrons. The second kappa shape index (κ2) is 9.22. The second-order valence-corrected chi connectivity index (χ2v) is 5.66. The second-order valence-electron chi connectivity index (χ2n) is 5.66. The fourth-order valence-corrected chi connectivity index (χ4v) is 2.16. The zero-order chi connectivity index (χ0) is 18.9. The largest absolute Gasteiger partial charge is 0.496 e. The first-order valence-corrected chi connectivity index (χ1v) is 8.01. The SMILES string of the molecule is COc1ccccc1C(=O)NCC(=O)N/N=C\c1ccc(N(C)C)cc1. The van der Waals surface area contributed by atoms with Crippen molar-refractivity contribution in [2.24, 2.45) is 5.10 Å². The molecule has 0 radical (unpaired) electrons. The molecule has 0 bridgehead atoms. The van der Waals surface area contributed by atoms with Crippen molar-refractivity contribution in [1.82, 2.24) is 10.7 Å². The number of amides is 2. The number of nitrogens with zero attached hydrogens (tertiary/aromatic N) is 2. The van der Waals surface area contributed by atoms with Gasteiger partial charge in [0.2, 0.25) is 0 Å². The Morgan fingerprint density at radius 2 is 1.81 bits per heavy atom. The molecule has 2 N–H and O–H groups in total. The molecular weight excluding hydrogens is 332 g/mol. The van der Waals surface area contributed by atoms with Crippen LogP contribution in [0.4, 0.5) is 5.69 Å². The van der Waals surface area contributed by atoms with Crippen LogP contribution in [0.5, 0.6) is 5.75 Å². The molecule has 2 amide bonds. The Balaban J connectivity index is 1.82. The molecule has 26 heavy (non-hydrogen) atoms. The van der Waals surface area contributed by atoms with Crippen LogP contribution in [0.25, 0.3) is 0 Å². The van der Waals surface area contributed by atoms with E-state index in [1.807, 2.05) is 43.3 Å². The lowest BCUT2D eigenvalue weighted by Gasteiger charge is -2.11. The molecule has 0 atom stereocenters. The minimum Gasteiger partial charge on any atom is -0.496 e. The number of hydrazone groups is 1. The Morgan fingerprint density at radius 3 is 2.46 bits per heavy atom. The third kappa shape index (κ3) is 5.34. The molecule has 0 heterocycles. The summed E-state index contributed by atoms with van der Waals surface area (Å²) in [5, 5.41) is 6.42. The monoisotopic (exact) mass is 354 g/mol. The van der Waals surface area contributed by atoms with Crippen molar-refractivity contribution in [1.29, 1.82) is 0 Å². The van der Waals surface area contributed by atoms with Crippen LogP contribution in [0.2, 0.25) is 0 Å². The number of hydrogen-bond donors (Lipinski definition) is 2. The van der Waals surface area contributed by atoms with Gasteiger partial charge in [0.05, 0.1) is 25.4 Å². The van der Waals surface area contributed by atoms with Crippen molar-refractivity contribution in [2.75, 3.05) is 32.6 Å². The van der Waals surface area contributed by atoms with Gasteiger partial charge in [0.15, 0.2) is 0 Å². The molecule has 2 aromatic rings. The molecule has 0 aliphatic carbocycles. The number of carbonyl (C=O) groups is 2. The highest BCUT2D eigenvalue weighted by Gasteiger charge is 2.12. The number of benzene rings is 2. The average molecular weight is 354 g/mol. The highest BCUT2D eigenvalue weighted by atomic mass is 16.5. The summed E-state index contributed by atoms with van der Waals surface area (Å²) in [4.78, 5) is 25.9. The standard InChI is InChI=1S/C19H22N4O3/c1-23(2)15-10-8-14(9-11-15)12-21-22-18(24)13-20-19(25)16-6-4-5-7-17(16)26-3/h4-12H,13H2,1-3H3,(H,20,25)(H,22,24)/b21-12-. The van der Waals surface area contributed by atoms with E-state index in [9.17, 15) is 9.59 Å². The van der Waals surface area contributed by atoms with E-state index >= 15 is 0 Å². The van der Waals surface area contributed by atoms with Gasteiger partial charge in [-0.25, -0.2) is 5.43 Å². The number of anilines is 1. The average Bonchev–Trinajstić information content (AvgIpc) is 2.66. The van der Waals surface area contributed by atoms with Crippen molar-refractivity contribution < 1.29 is 14.3 Å². The van der Waals surface area contributed by atoms with Crippen LogP contribution >= 0.6 is 0 Å². The van der Waals surface area contributed by atoms with Gasteiger partial charge in [-0.2, -0.15) is 5.10 Å². The van der Waals surface area contributed by atoms with Crippen molar-refractivity contribution >= 4 is 23.7 Å². The van der Waals surface area contributed by atoms with E-state index in [0.717, 1.165) is 11.3 Å². The zero-order valence-electron chi connectivity index (χ0n) is 15.0. The van der Waals surface area contributed by atoms with Gasteiger partial charge < -0.3 is 15.0 Å². The van der Waals surface area contributed by atoms with Crippen molar-refractivity contribution in [2.45, 2.75) is 0 Å². The van der Waals surface area contributed by atoms with Crippen LogP contribution in [0.15, 0.2) is 53.6 Å². The van der Waals surface area contributed by atoms with Gasteiger partial charge in [0.1, 0.15) is 5.75 Å². The Bertz CT molecular complexity index is 786. The van der Waals surface area contributed by atoms with Crippen molar-refractivity contribution in [3.8, 4) is 5.75 Å². The zero-order valence-corrected chi connectivity index (χ0v) is 15.0. The molecule has 2 aromatic carbocycles. The molecule has 0 aromatic heterocycles. The summed E-state index contributed by atoms with van der Waals surface area (Å²) < 4.78 is 5.12. The molecule has 2 rings (SSSR count). The van der Waals surface area contributed by atoms with E-state index in [4.69, 9.17) is 4.74 Å². The van der Waals surface area contributed by atoms with Gasteiger partial charge in [-0.05, 0) is 29.8 Å². The molecule has 7 heteroatoms. The topological polar surface area (TPSA) is 83.0 Å². The normalized spacial score (nSPS) is 10.4. The lowest BCUT2D eigenvalue weighted by molar-refractivity contribution is -0.120. The quantitative estimate of drug-likeness (QED) is 0.585. The van der Waals surface area contributed by atoms with Crippen LogP contribution in [0, 0.1) is 0 Å². The predicted octanol–water partition coefficient (Wildman–Crippen LogP) is 1.64. The van der Waals surface area contributed by atoms with Gasteiger partial charge >= 0.3 is 0 Å². The highest BCUT2D eigenvalue weighted by Crippen LogP contribution is 2.16. The number of para-hydroxylation sites is 1. The van der Waals surface area contributed by atoms with E-state index in [1.165, 1.54) is 7.11 Å². The Labute approximate surface area is 152 Å². The molecule has 0 aliphatic rings. The maximum absolute atomic E-state index is 12.1. The third-order valence-electron chi connectivity index (χ3n) is 3.57. The minimum atomic E-state index is -0.422. The Morgan fingerprint density at radius 1 is 1.12 bits per heavy atom. The van der Waals surface area contributed by atoms with Gasteiger partial charge in [-0.15, -0.1) is 0 Å². The van der Waals surface area contributed by atoms with Gasteiger partial charge in [0, 0.05) is 19.8 Å². The van der Waals surface area contributed by atoms with Crippen LogP contribution in [0.1, 0.15) is 15.9 Å². The number of rotatable bonds is 7. The van der Waals surface area contributed by atoms with E-state index in [1.54, 1.807) is 30.5 Å². The molecule has 0 spiro atoms. The van der Waals surface area contributed by atoms with Gasteiger partial charge in [0.25, 0.3) is 11.8 Å². The lowest BCUT2D eigenvalue weighted by Crippen LogP contribution is -2.35. The van der Waals surface area contributed by atoms with Gasteiger partial charge in [-0.1, -0.05) is 24.3 Å². The van der Waals surface area contributed by atoms with Crippen LogP contribution in [-0.2, 0) is 4.79 Å². The van der Waals surface area contributed by atoms with E-state index in [-0.39, 0.29) is 12.5 Å². The smallest absolute Gasteiger partial charge is 0.259 e. The van der Waals surface area contributed by atoms with E-state index in [2.05, 4.69) is 15.8 Å². The molecular formula is C19H22N4O3. The molecule has 0 saturated carbocycles. The van der Waals surface area contributed by atoms with Crippen LogP contribution < -0.4 is 20.4 Å². The molecule has 0 aliphatic heterocycles. The minimum absolute atomic E-state index is 0.187. The highest BCUT2D eigenvalue weighted by molar-refractivity contribution is 5.98. The summed E-state index contributed by atoms with van der Waals surface area (Å²) in [6.45, 7) is -0.187. The van der Waals surface area contributed by atoms with Crippen LogP contribution in [0.3, 0.4) is 0 Å². The number of methoxy groups -OCH3 is 1. The number of nitrogens with one attached hydrogen (secondary N) is 2. The maximum Gasteiger partial charge on any atom is 0.259 e. The molecule has 0 saturated heterocycles. The van der Waals surface area contributed by atoms with E-state index < -0.39 is 5.91 Å². The molecule has 0 unspecified atom stereocenters. The Hall–Kier alpha value is -3.35. The summed E-state index contributed by atoms with van der Waals surface area (Å²) in [5.41, 5.74) is 4.68.